The number of nitrogens with zero attached hydrogens (tertiary/aromatic N) is 2. The summed E-state index contributed by atoms with van der Waals surface area (Å²) in [6, 6.07) is 1.82. The molecule has 0 saturated heterocycles. The van der Waals surface area contributed by atoms with Gasteiger partial charge < -0.3 is 0 Å². The van der Waals surface area contributed by atoms with Crippen LogP contribution in [0.1, 0.15) is 18.2 Å². The van der Waals surface area contributed by atoms with Crippen LogP contribution in [0.25, 0.3) is 0 Å². The quantitative estimate of drug-likeness (QED) is 0.606. The molecule has 1 heterocycles. The molecule has 0 spiro atoms. The van der Waals surface area contributed by atoms with Gasteiger partial charge in [-0.05, 0) is 12.5 Å². The van der Waals surface area contributed by atoms with E-state index in [1.54, 1.807) is 0 Å². The summed E-state index contributed by atoms with van der Waals surface area (Å²) >= 11 is 2.90. The predicted molar refractivity (Wildman–Crippen MR) is 57.9 cm³/mol. The van der Waals surface area contributed by atoms with E-state index in [1.807, 2.05) is 18.6 Å². The van der Waals surface area contributed by atoms with Gasteiger partial charge in [-0.15, -0.1) is 23.5 Å². The van der Waals surface area contributed by atoms with Crippen molar-refractivity contribution in [2.24, 2.45) is 0 Å². The fourth-order valence-corrected chi connectivity index (χ4v) is 2.18. The fourth-order valence-electron chi connectivity index (χ4n) is 1.28. The molecular formula is C9H10F2N2S2. The van der Waals surface area contributed by atoms with E-state index >= 15 is 0 Å². The van der Waals surface area contributed by atoms with Gasteiger partial charge in [0.15, 0.2) is 0 Å². The summed E-state index contributed by atoms with van der Waals surface area (Å²) < 4.78 is 25.7. The number of thioether (sulfide) groups is 2. The summed E-state index contributed by atoms with van der Waals surface area (Å²) in [6.45, 7) is 0. The summed E-state index contributed by atoms with van der Waals surface area (Å²) in [5, 5.41) is 1.51. The molecule has 0 N–H and O–H groups in total. The molecule has 1 aromatic heterocycles. The maximum absolute atomic E-state index is 12.9. The predicted octanol–water partition coefficient (Wildman–Crippen LogP) is 3.04. The summed E-state index contributed by atoms with van der Waals surface area (Å²) in [4.78, 5) is 8.23. The third-order valence-electron chi connectivity index (χ3n) is 2.25. The average Bonchev–Trinajstić information content (AvgIpc) is 2.87. The second-order valence-electron chi connectivity index (χ2n) is 3.33. The van der Waals surface area contributed by atoms with Crippen molar-refractivity contribution in [3.63, 3.8) is 0 Å². The highest BCUT2D eigenvalue weighted by Crippen LogP contribution is 2.54. The van der Waals surface area contributed by atoms with Gasteiger partial charge in [-0.2, -0.15) is 0 Å². The summed E-state index contributed by atoms with van der Waals surface area (Å²) in [6.07, 6.45) is 3.64. The Bertz CT molecular complexity index is 362. The summed E-state index contributed by atoms with van der Waals surface area (Å²) in [5.41, 5.74) is 0. The van der Waals surface area contributed by atoms with Gasteiger partial charge in [-0.3, -0.25) is 0 Å². The lowest BCUT2D eigenvalue weighted by atomic mass is 10.4. The Balaban J connectivity index is 2.31. The van der Waals surface area contributed by atoms with Crippen molar-refractivity contribution in [1.82, 2.24) is 9.97 Å². The molecule has 2 rings (SSSR count). The van der Waals surface area contributed by atoms with Gasteiger partial charge in [-0.1, -0.05) is 0 Å². The first kappa shape index (κ1) is 11.1. The van der Waals surface area contributed by atoms with Crippen molar-refractivity contribution in [2.75, 3.05) is 12.5 Å². The standard InChI is InChI=1S/C9H10F2N2S2/c1-14-6-3-7(15-2)13-8(12-6)5-4-9(5,10)11/h3,5H,4H2,1-2H3. The van der Waals surface area contributed by atoms with Crippen LogP contribution in [-0.2, 0) is 0 Å². The van der Waals surface area contributed by atoms with Gasteiger partial charge >= 0.3 is 0 Å². The molecule has 1 saturated carbocycles. The smallest absolute Gasteiger partial charge is 0.226 e. The number of hydrogen-bond donors (Lipinski definition) is 0. The molecule has 1 unspecified atom stereocenters. The molecule has 1 atom stereocenters. The number of rotatable bonds is 3. The van der Waals surface area contributed by atoms with E-state index in [-0.39, 0.29) is 12.2 Å². The van der Waals surface area contributed by atoms with Crippen molar-refractivity contribution in [2.45, 2.75) is 28.3 Å². The van der Waals surface area contributed by atoms with Crippen LogP contribution in [0.15, 0.2) is 16.1 Å². The van der Waals surface area contributed by atoms with Crippen molar-refractivity contribution >= 4 is 23.5 Å². The molecule has 1 aliphatic carbocycles. The van der Waals surface area contributed by atoms with Crippen molar-refractivity contribution < 1.29 is 8.78 Å². The van der Waals surface area contributed by atoms with Gasteiger partial charge in [0.1, 0.15) is 15.9 Å². The number of alkyl halides is 2. The minimum Gasteiger partial charge on any atom is -0.226 e. The van der Waals surface area contributed by atoms with Crippen LogP contribution in [-0.4, -0.2) is 28.4 Å². The maximum Gasteiger partial charge on any atom is 0.259 e. The van der Waals surface area contributed by atoms with Gasteiger partial charge in [0, 0.05) is 12.5 Å². The molecule has 0 bridgehead atoms. The lowest BCUT2D eigenvalue weighted by Gasteiger charge is -2.03. The molecule has 0 radical (unpaired) electrons. The molecule has 0 amide bonds. The van der Waals surface area contributed by atoms with E-state index < -0.39 is 11.8 Å². The van der Waals surface area contributed by atoms with Crippen molar-refractivity contribution in [1.29, 1.82) is 0 Å². The summed E-state index contributed by atoms with van der Waals surface area (Å²) in [7, 11) is 0. The monoisotopic (exact) mass is 248 g/mol. The third kappa shape index (κ3) is 2.25. The third-order valence-corrected chi connectivity index (χ3v) is 3.51. The first-order valence-corrected chi connectivity index (χ1v) is 6.86. The van der Waals surface area contributed by atoms with Crippen molar-refractivity contribution in [3.05, 3.63) is 11.9 Å². The van der Waals surface area contributed by atoms with Crippen LogP contribution in [0.4, 0.5) is 8.78 Å². The first-order valence-electron chi connectivity index (χ1n) is 4.41. The molecular weight excluding hydrogens is 238 g/mol. The van der Waals surface area contributed by atoms with Crippen LogP contribution < -0.4 is 0 Å². The number of halogens is 2. The van der Waals surface area contributed by atoms with E-state index in [0.29, 0.717) is 0 Å². The van der Waals surface area contributed by atoms with Crippen LogP contribution in [0.3, 0.4) is 0 Å². The highest BCUT2D eigenvalue weighted by atomic mass is 32.2. The topological polar surface area (TPSA) is 25.8 Å². The van der Waals surface area contributed by atoms with E-state index in [2.05, 4.69) is 9.97 Å². The Kier molecular flexibility index (Phi) is 2.89. The SMILES string of the molecule is CSc1cc(SC)nc(C2CC2(F)F)n1. The second-order valence-corrected chi connectivity index (χ2v) is 4.98. The lowest BCUT2D eigenvalue weighted by Crippen LogP contribution is -2.01. The van der Waals surface area contributed by atoms with E-state index in [0.717, 1.165) is 10.1 Å². The van der Waals surface area contributed by atoms with E-state index in [1.165, 1.54) is 23.5 Å². The normalized spacial score (nSPS) is 22.8. The molecule has 1 fully saturated rings. The maximum atomic E-state index is 12.9. The first-order chi connectivity index (χ1) is 7.06. The molecule has 1 aromatic rings. The van der Waals surface area contributed by atoms with Crippen LogP contribution in [0.5, 0.6) is 0 Å². The molecule has 15 heavy (non-hydrogen) atoms. The van der Waals surface area contributed by atoms with Crippen LogP contribution >= 0.6 is 23.5 Å². The summed E-state index contributed by atoms with van der Waals surface area (Å²) in [5.74, 6) is -3.07. The van der Waals surface area contributed by atoms with E-state index in [9.17, 15) is 8.78 Å². The molecule has 0 aromatic carbocycles. The Morgan fingerprint density at radius 1 is 1.27 bits per heavy atom. The Labute approximate surface area is 95.3 Å². The fraction of sp³-hybridized carbons (Fsp3) is 0.556. The number of hydrogen-bond acceptors (Lipinski definition) is 4. The Morgan fingerprint density at radius 3 is 2.07 bits per heavy atom. The Hall–Kier alpha value is -0.360. The van der Waals surface area contributed by atoms with Gasteiger partial charge in [0.25, 0.3) is 5.92 Å². The van der Waals surface area contributed by atoms with Crippen molar-refractivity contribution in [3.8, 4) is 0 Å². The highest BCUT2D eigenvalue weighted by molar-refractivity contribution is 7.99. The van der Waals surface area contributed by atoms with Gasteiger partial charge in [-0.25, -0.2) is 18.7 Å². The average molecular weight is 248 g/mol. The minimum atomic E-state index is -2.59. The molecule has 1 aliphatic rings. The number of aromatic nitrogens is 2. The van der Waals surface area contributed by atoms with Gasteiger partial charge in [0.05, 0.1) is 5.92 Å². The second kappa shape index (κ2) is 3.90. The van der Waals surface area contributed by atoms with Crippen LogP contribution in [0, 0.1) is 0 Å². The lowest BCUT2D eigenvalue weighted by molar-refractivity contribution is 0.110. The van der Waals surface area contributed by atoms with E-state index in [4.69, 9.17) is 0 Å². The van der Waals surface area contributed by atoms with Crippen LogP contribution in [0.2, 0.25) is 0 Å². The Morgan fingerprint density at radius 2 is 1.73 bits per heavy atom. The molecule has 0 aliphatic heterocycles. The molecule has 6 heteroatoms. The minimum absolute atomic E-state index is 0.112. The largest absolute Gasteiger partial charge is 0.259 e. The molecule has 82 valence electrons. The molecule has 2 nitrogen and oxygen atoms in total. The zero-order valence-electron chi connectivity index (χ0n) is 8.33. The zero-order chi connectivity index (χ0) is 11.1. The highest BCUT2D eigenvalue weighted by Gasteiger charge is 2.59. The van der Waals surface area contributed by atoms with Gasteiger partial charge in [0.2, 0.25) is 0 Å². The zero-order valence-corrected chi connectivity index (χ0v) is 9.96.